The van der Waals surface area contributed by atoms with Crippen LogP contribution < -0.4 is 10.5 Å². The first-order chi connectivity index (χ1) is 8.19. The van der Waals surface area contributed by atoms with Crippen LogP contribution >= 0.6 is 12.4 Å². The fourth-order valence-electron chi connectivity index (χ4n) is 1.59. The molecule has 2 N–H and O–H groups in total. The summed E-state index contributed by atoms with van der Waals surface area (Å²) in [7, 11) is 1.78. The smallest absolute Gasteiger partial charge is 0.223 e. The van der Waals surface area contributed by atoms with E-state index in [0.717, 1.165) is 11.3 Å². The minimum atomic E-state index is 0. The number of carbonyl (C=O) groups excluding carboxylic acids is 1. The van der Waals surface area contributed by atoms with Crippen LogP contribution in [0.5, 0.6) is 5.75 Å². The van der Waals surface area contributed by atoms with E-state index in [1.54, 1.807) is 11.9 Å². The van der Waals surface area contributed by atoms with Gasteiger partial charge in [0.15, 0.2) is 0 Å². The molecule has 5 heteroatoms. The molecule has 18 heavy (non-hydrogen) atoms. The van der Waals surface area contributed by atoms with Crippen LogP contribution in [0.25, 0.3) is 0 Å². The zero-order valence-electron chi connectivity index (χ0n) is 10.9. The SMILES string of the molecule is CCOc1ccccc1CN(C)C(=O)CCN.Cl. The summed E-state index contributed by atoms with van der Waals surface area (Å²) in [5.41, 5.74) is 6.38. The highest BCUT2D eigenvalue weighted by atomic mass is 35.5. The third kappa shape index (κ3) is 4.94. The maximum atomic E-state index is 11.6. The Morgan fingerprint density at radius 2 is 2.06 bits per heavy atom. The van der Waals surface area contributed by atoms with Crippen molar-refractivity contribution in [3.63, 3.8) is 0 Å². The highest BCUT2D eigenvalue weighted by Crippen LogP contribution is 2.19. The second kappa shape index (κ2) is 8.78. The van der Waals surface area contributed by atoms with Crippen molar-refractivity contribution < 1.29 is 9.53 Å². The van der Waals surface area contributed by atoms with Crippen LogP contribution in [-0.2, 0) is 11.3 Å². The van der Waals surface area contributed by atoms with Crippen LogP contribution in [0.15, 0.2) is 24.3 Å². The van der Waals surface area contributed by atoms with Gasteiger partial charge in [0.25, 0.3) is 0 Å². The Balaban J connectivity index is 0.00000289. The fourth-order valence-corrected chi connectivity index (χ4v) is 1.59. The van der Waals surface area contributed by atoms with Crippen molar-refractivity contribution in [1.29, 1.82) is 0 Å². The van der Waals surface area contributed by atoms with Gasteiger partial charge in [-0.1, -0.05) is 18.2 Å². The van der Waals surface area contributed by atoms with Crippen molar-refractivity contribution in [3.8, 4) is 5.75 Å². The molecule has 102 valence electrons. The summed E-state index contributed by atoms with van der Waals surface area (Å²) in [6, 6.07) is 7.76. The largest absolute Gasteiger partial charge is 0.494 e. The molecule has 0 aliphatic rings. The third-order valence-corrected chi connectivity index (χ3v) is 2.46. The van der Waals surface area contributed by atoms with Crippen LogP contribution in [-0.4, -0.2) is 31.0 Å². The molecule has 0 aliphatic carbocycles. The van der Waals surface area contributed by atoms with Gasteiger partial charge in [0.2, 0.25) is 5.91 Å². The summed E-state index contributed by atoms with van der Waals surface area (Å²) < 4.78 is 5.51. The molecule has 1 aromatic rings. The molecule has 1 amide bonds. The number of rotatable bonds is 6. The molecule has 0 atom stereocenters. The Kier molecular flexibility index (Phi) is 8.16. The molecule has 0 bridgehead atoms. The van der Waals surface area contributed by atoms with Crippen LogP contribution in [0.2, 0.25) is 0 Å². The van der Waals surface area contributed by atoms with Crippen molar-refractivity contribution in [2.45, 2.75) is 19.9 Å². The van der Waals surface area contributed by atoms with Crippen molar-refractivity contribution in [2.24, 2.45) is 5.73 Å². The number of para-hydroxylation sites is 1. The average Bonchev–Trinajstić information content (AvgIpc) is 2.32. The summed E-state index contributed by atoms with van der Waals surface area (Å²) in [6.07, 6.45) is 0.382. The Morgan fingerprint density at radius 3 is 2.67 bits per heavy atom. The predicted octanol–water partition coefficient (Wildman–Crippen LogP) is 1.81. The molecule has 0 unspecified atom stereocenters. The van der Waals surface area contributed by atoms with Gasteiger partial charge in [-0.15, -0.1) is 12.4 Å². The highest BCUT2D eigenvalue weighted by molar-refractivity contribution is 5.85. The van der Waals surface area contributed by atoms with Crippen LogP contribution in [0, 0.1) is 0 Å². The zero-order chi connectivity index (χ0) is 12.7. The Hall–Kier alpha value is -1.26. The van der Waals surface area contributed by atoms with Crippen LogP contribution in [0.1, 0.15) is 18.9 Å². The maximum absolute atomic E-state index is 11.6. The van der Waals surface area contributed by atoms with Crippen LogP contribution in [0.3, 0.4) is 0 Å². The number of benzene rings is 1. The van der Waals surface area contributed by atoms with E-state index < -0.39 is 0 Å². The van der Waals surface area contributed by atoms with Gasteiger partial charge in [0, 0.05) is 32.1 Å². The average molecular weight is 273 g/mol. The number of nitrogens with zero attached hydrogens (tertiary/aromatic N) is 1. The second-order valence-electron chi connectivity index (χ2n) is 3.83. The molecule has 0 fully saturated rings. The van der Waals surface area contributed by atoms with Crippen molar-refractivity contribution in [1.82, 2.24) is 4.90 Å². The number of ether oxygens (including phenoxy) is 1. The fraction of sp³-hybridized carbons (Fsp3) is 0.462. The van der Waals surface area contributed by atoms with Crippen molar-refractivity contribution in [3.05, 3.63) is 29.8 Å². The number of carbonyl (C=O) groups is 1. The number of nitrogens with two attached hydrogens (primary N) is 1. The molecular weight excluding hydrogens is 252 g/mol. The molecule has 0 aromatic heterocycles. The lowest BCUT2D eigenvalue weighted by molar-refractivity contribution is -0.130. The van der Waals surface area contributed by atoms with Crippen LogP contribution in [0.4, 0.5) is 0 Å². The van der Waals surface area contributed by atoms with E-state index in [4.69, 9.17) is 10.5 Å². The van der Waals surface area contributed by atoms with Gasteiger partial charge in [-0.2, -0.15) is 0 Å². The summed E-state index contributed by atoms with van der Waals surface area (Å²) >= 11 is 0. The summed E-state index contributed by atoms with van der Waals surface area (Å²) in [4.78, 5) is 13.3. The molecule has 0 radical (unpaired) electrons. The van der Waals surface area contributed by atoms with Gasteiger partial charge < -0.3 is 15.4 Å². The number of halogens is 1. The van der Waals surface area contributed by atoms with Gasteiger partial charge in [-0.25, -0.2) is 0 Å². The molecule has 0 heterocycles. The third-order valence-electron chi connectivity index (χ3n) is 2.46. The zero-order valence-corrected chi connectivity index (χ0v) is 11.7. The molecule has 0 saturated heterocycles. The van der Waals surface area contributed by atoms with E-state index >= 15 is 0 Å². The first kappa shape index (κ1) is 16.7. The number of amides is 1. The van der Waals surface area contributed by atoms with Gasteiger partial charge >= 0.3 is 0 Å². The number of hydrogen-bond acceptors (Lipinski definition) is 3. The normalized spacial score (nSPS) is 9.50. The molecule has 0 saturated carbocycles. The van der Waals surface area contributed by atoms with E-state index in [-0.39, 0.29) is 18.3 Å². The molecule has 1 rings (SSSR count). The van der Waals surface area contributed by atoms with E-state index in [9.17, 15) is 4.79 Å². The Morgan fingerprint density at radius 1 is 1.39 bits per heavy atom. The minimum absolute atomic E-state index is 0. The van der Waals surface area contributed by atoms with Gasteiger partial charge in [0.1, 0.15) is 5.75 Å². The van der Waals surface area contributed by atoms with E-state index in [1.165, 1.54) is 0 Å². The van der Waals surface area contributed by atoms with Gasteiger partial charge in [0.05, 0.1) is 6.61 Å². The number of hydrogen-bond donors (Lipinski definition) is 1. The molecule has 4 nitrogen and oxygen atoms in total. The lowest BCUT2D eigenvalue weighted by atomic mass is 10.2. The lowest BCUT2D eigenvalue weighted by Gasteiger charge is -2.18. The lowest BCUT2D eigenvalue weighted by Crippen LogP contribution is -2.28. The summed E-state index contributed by atoms with van der Waals surface area (Å²) in [5.74, 6) is 0.890. The molecule has 0 aliphatic heterocycles. The first-order valence-corrected chi connectivity index (χ1v) is 5.83. The highest BCUT2D eigenvalue weighted by Gasteiger charge is 2.10. The maximum Gasteiger partial charge on any atom is 0.223 e. The first-order valence-electron chi connectivity index (χ1n) is 5.83. The molecule has 1 aromatic carbocycles. The predicted molar refractivity (Wildman–Crippen MR) is 75.0 cm³/mol. The quantitative estimate of drug-likeness (QED) is 0.859. The monoisotopic (exact) mass is 272 g/mol. The minimum Gasteiger partial charge on any atom is -0.494 e. The second-order valence-corrected chi connectivity index (χ2v) is 3.83. The van der Waals surface area contributed by atoms with E-state index in [0.29, 0.717) is 26.1 Å². The standard InChI is InChI=1S/C13H20N2O2.ClH/c1-3-17-12-7-5-4-6-11(12)10-15(2)13(16)8-9-14;/h4-7H,3,8-10,14H2,1-2H3;1H. The summed E-state index contributed by atoms with van der Waals surface area (Å²) in [6.45, 7) is 3.50. The van der Waals surface area contributed by atoms with Gasteiger partial charge in [-0.05, 0) is 13.0 Å². The van der Waals surface area contributed by atoms with Gasteiger partial charge in [-0.3, -0.25) is 4.79 Å². The van der Waals surface area contributed by atoms with E-state index in [1.807, 2.05) is 31.2 Å². The molecular formula is C13H21ClN2O2. The summed E-state index contributed by atoms with van der Waals surface area (Å²) in [5, 5.41) is 0. The topological polar surface area (TPSA) is 55.6 Å². The molecule has 0 spiro atoms. The van der Waals surface area contributed by atoms with Crippen molar-refractivity contribution in [2.75, 3.05) is 20.2 Å². The Bertz CT molecular complexity index is 372. The Labute approximate surface area is 115 Å². The van der Waals surface area contributed by atoms with E-state index in [2.05, 4.69) is 0 Å². The van der Waals surface area contributed by atoms with Crippen molar-refractivity contribution >= 4 is 18.3 Å².